The first-order valence-electron chi connectivity index (χ1n) is 6.53. The number of nitro groups is 1. The SMILES string of the molecule is O=C(/C=C/c1ccc([N+](=O)[O-])cc1)Nc1ccccc1C(=O)O. The number of rotatable bonds is 5. The Balaban J connectivity index is 2.07. The summed E-state index contributed by atoms with van der Waals surface area (Å²) in [5, 5.41) is 22.1. The van der Waals surface area contributed by atoms with Crippen molar-refractivity contribution < 1.29 is 19.6 Å². The molecule has 0 heterocycles. The molecule has 0 aliphatic heterocycles. The fourth-order valence-electron chi connectivity index (χ4n) is 1.83. The van der Waals surface area contributed by atoms with E-state index in [1.807, 2.05) is 0 Å². The van der Waals surface area contributed by atoms with E-state index in [4.69, 9.17) is 5.11 Å². The second kappa shape index (κ2) is 6.99. The molecular weight excluding hydrogens is 300 g/mol. The topological polar surface area (TPSA) is 110 Å². The summed E-state index contributed by atoms with van der Waals surface area (Å²) in [6, 6.07) is 11.7. The van der Waals surface area contributed by atoms with Crippen LogP contribution in [-0.2, 0) is 4.79 Å². The van der Waals surface area contributed by atoms with E-state index < -0.39 is 16.8 Å². The van der Waals surface area contributed by atoms with Gasteiger partial charge in [-0.15, -0.1) is 0 Å². The lowest BCUT2D eigenvalue weighted by Gasteiger charge is -2.05. The molecule has 1 amide bonds. The van der Waals surface area contributed by atoms with E-state index in [-0.39, 0.29) is 16.9 Å². The van der Waals surface area contributed by atoms with Crippen LogP contribution in [0.4, 0.5) is 11.4 Å². The molecule has 0 aromatic heterocycles. The first kappa shape index (κ1) is 15.9. The highest BCUT2D eigenvalue weighted by molar-refractivity contribution is 6.06. The van der Waals surface area contributed by atoms with Crippen LogP contribution < -0.4 is 5.32 Å². The van der Waals surface area contributed by atoms with Crippen LogP contribution >= 0.6 is 0 Å². The molecule has 7 nitrogen and oxygen atoms in total. The molecule has 2 rings (SSSR count). The van der Waals surface area contributed by atoms with E-state index in [2.05, 4.69) is 5.32 Å². The van der Waals surface area contributed by atoms with Gasteiger partial charge in [-0.3, -0.25) is 14.9 Å². The van der Waals surface area contributed by atoms with E-state index >= 15 is 0 Å². The summed E-state index contributed by atoms with van der Waals surface area (Å²) in [5.41, 5.74) is 0.752. The molecule has 0 bridgehead atoms. The number of hydrogen-bond donors (Lipinski definition) is 2. The van der Waals surface area contributed by atoms with Crippen LogP contribution in [-0.4, -0.2) is 21.9 Å². The molecule has 2 aromatic carbocycles. The third-order valence-electron chi connectivity index (χ3n) is 2.95. The van der Waals surface area contributed by atoms with Gasteiger partial charge in [-0.05, 0) is 35.9 Å². The monoisotopic (exact) mass is 312 g/mol. The van der Waals surface area contributed by atoms with E-state index in [1.54, 1.807) is 12.1 Å². The van der Waals surface area contributed by atoms with Crippen molar-refractivity contribution >= 4 is 29.3 Å². The third-order valence-corrected chi connectivity index (χ3v) is 2.95. The Morgan fingerprint density at radius 3 is 2.35 bits per heavy atom. The quantitative estimate of drug-likeness (QED) is 0.501. The van der Waals surface area contributed by atoms with Crippen LogP contribution in [0.15, 0.2) is 54.6 Å². The number of nitrogens with one attached hydrogen (secondary N) is 1. The van der Waals surface area contributed by atoms with Crippen molar-refractivity contribution in [1.82, 2.24) is 0 Å². The van der Waals surface area contributed by atoms with E-state index in [0.29, 0.717) is 5.56 Å². The summed E-state index contributed by atoms with van der Waals surface area (Å²) in [6.07, 6.45) is 2.70. The number of nitrogens with zero attached hydrogens (tertiary/aromatic N) is 1. The molecule has 2 aromatic rings. The molecule has 23 heavy (non-hydrogen) atoms. The van der Waals surface area contributed by atoms with Crippen LogP contribution in [0.1, 0.15) is 15.9 Å². The molecule has 0 radical (unpaired) electrons. The summed E-state index contributed by atoms with van der Waals surface area (Å²) in [5.74, 6) is -1.64. The molecule has 0 saturated heterocycles. The van der Waals surface area contributed by atoms with Crippen LogP contribution in [0.5, 0.6) is 0 Å². The smallest absolute Gasteiger partial charge is 0.337 e. The molecule has 0 aliphatic carbocycles. The van der Waals surface area contributed by atoms with Crippen molar-refractivity contribution in [3.63, 3.8) is 0 Å². The number of aromatic carboxylic acids is 1. The lowest BCUT2D eigenvalue weighted by molar-refractivity contribution is -0.384. The number of para-hydroxylation sites is 1. The highest BCUT2D eigenvalue weighted by atomic mass is 16.6. The Kier molecular flexibility index (Phi) is 4.83. The predicted molar refractivity (Wildman–Crippen MR) is 84.2 cm³/mol. The van der Waals surface area contributed by atoms with Gasteiger partial charge in [0.05, 0.1) is 16.2 Å². The fourth-order valence-corrected chi connectivity index (χ4v) is 1.83. The van der Waals surface area contributed by atoms with Gasteiger partial charge in [0.25, 0.3) is 5.69 Å². The summed E-state index contributed by atoms with van der Waals surface area (Å²) in [7, 11) is 0. The number of carboxylic acids is 1. The number of non-ortho nitro benzene ring substituents is 1. The van der Waals surface area contributed by atoms with Gasteiger partial charge in [0.2, 0.25) is 5.91 Å². The lowest BCUT2D eigenvalue weighted by Crippen LogP contribution is -2.11. The lowest BCUT2D eigenvalue weighted by atomic mass is 10.1. The van der Waals surface area contributed by atoms with Gasteiger partial charge in [-0.2, -0.15) is 0 Å². The maximum absolute atomic E-state index is 11.8. The second-order valence-corrected chi connectivity index (χ2v) is 4.52. The molecule has 2 N–H and O–H groups in total. The van der Waals surface area contributed by atoms with Gasteiger partial charge in [0.1, 0.15) is 0 Å². The van der Waals surface area contributed by atoms with Gasteiger partial charge >= 0.3 is 5.97 Å². The van der Waals surface area contributed by atoms with E-state index in [9.17, 15) is 19.7 Å². The van der Waals surface area contributed by atoms with Crippen molar-refractivity contribution in [3.8, 4) is 0 Å². The maximum Gasteiger partial charge on any atom is 0.337 e. The molecule has 0 atom stereocenters. The molecule has 0 unspecified atom stereocenters. The van der Waals surface area contributed by atoms with Gasteiger partial charge in [0.15, 0.2) is 0 Å². The normalized spacial score (nSPS) is 10.4. The van der Waals surface area contributed by atoms with Crippen LogP contribution in [0.3, 0.4) is 0 Å². The minimum atomic E-state index is -1.14. The van der Waals surface area contributed by atoms with Crippen LogP contribution in [0.25, 0.3) is 6.08 Å². The molecule has 0 fully saturated rings. The Labute approximate surface area is 131 Å². The van der Waals surface area contributed by atoms with Crippen molar-refractivity contribution in [2.45, 2.75) is 0 Å². The van der Waals surface area contributed by atoms with Gasteiger partial charge in [-0.25, -0.2) is 4.79 Å². The largest absolute Gasteiger partial charge is 0.478 e. The Morgan fingerprint density at radius 1 is 1.09 bits per heavy atom. The Morgan fingerprint density at radius 2 is 1.74 bits per heavy atom. The molecule has 7 heteroatoms. The van der Waals surface area contributed by atoms with Gasteiger partial charge in [0, 0.05) is 18.2 Å². The first-order chi connectivity index (χ1) is 11.0. The molecule has 0 saturated carbocycles. The predicted octanol–water partition coefficient (Wildman–Crippen LogP) is 2.94. The standard InChI is InChI=1S/C16H12N2O5/c19-15(17-14-4-2-1-3-13(14)16(20)21)10-7-11-5-8-12(9-6-11)18(22)23/h1-10H,(H,17,19)(H,20,21)/b10-7+. The Hall–Kier alpha value is -3.48. The summed E-state index contributed by atoms with van der Waals surface area (Å²) in [4.78, 5) is 32.9. The molecule has 0 aliphatic rings. The summed E-state index contributed by atoms with van der Waals surface area (Å²) in [6.45, 7) is 0. The number of carbonyl (C=O) groups excluding carboxylic acids is 1. The van der Waals surface area contributed by atoms with Crippen molar-refractivity contribution in [3.05, 3.63) is 75.8 Å². The zero-order valence-corrected chi connectivity index (χ0v) is 11.8. The van der Waals surface area contributed by atoms with Crippen LogP contribution in [0, 0.1) is 10.1 Å². The minimum absolute atomic E-state index is 0.00964. The van der Waals surface area contributed by atoms with E-state index in [1.165, 1.54) is 48.6 Å². The fraction of sp³-hybridized carbons (Fsp3) is 0. The third kappa shape index (κ3) is 4.24. The number of amides is 1. The van der Waals surface area contributed by atoms with E-state index in [0.717, 1.165) is 0 Å². The maximum atomic E-state index is 11.8. The summed E-state index contributed by atoms with van der Waals surface area (Å²) >= 11 is 0. The number of carbonyl (C=O) groups is 2. The van der Waals surface area contributed by atoms with Crippen molar-refractivity contribution in [2.75, 3.05) is 5.32 Å². The van der Waals surface area contributed by atoms with Crippen molar-refractivity contribution in [1.29, 1.82) is 0 Å². The average Bonchev–Trinajstić information content (AvgIpc) is 2.53. The number of benzene rings is 2. The summed E-state index contributed by atoms with van der Waals surface area (Å²) < 4.78 is 0. The highest BCUT2D eigenvalue weighted by Gasteiger charge is 2.10. The number of carboxylic acid groups (broad SMARTS) is 1. The highest BCUT2D eigenvalue weighted by Crippen LogP contribution is 2.16. The second-order valence-electron chi connectivity index (χ2n) is 4.52. The molecular formula is C16H12N2O5. The molecule has 116 valence electrons. The van der Waals surface area contributed by atoms with Crippen LogP contribution in [0.2, 0.25) is 0 Å². The number of anilines is 1. The zero-order valence-electron chi connectivity index (χ0n) is 11.8. The first-order valence-corrected chi connectivity index (χ1v) is 6.53. The van der Waals surface area contributed by atoms with Gasteiger partial charge < -0.3 is 10.4 Å². The average molecular weight is 312 g/mol. The Bertz CT molecular complexity index is 781. The minimum Gasteiger partial charge on any atom is -0.478 e. The number of hydrogen-bond acceptors (Lipinski definition) is 4. The number of nitro benzene ring substituents is 1. The van der Waals surface area contributed by atoms with Gasteiger partial charge in [-0.1, -0.05) is 12.1 Å². The van der Waals surface area contributed by atoms with Crippen molar-refractivity contribution in [2.24, 2.45) is 0 Å². The molecule has 0 spiro atoms. The zero-order chi connectivity index (χ0) is 16.8.